The van der Waals surface area contributed by atoms with Gasteiger partial charge in [-0.3, -0.25) is 4.90 Å². The van der Waals surface area contributed by atoms with E-state index in [0.717, 1.165) is 26.2 Å². The summed E-state index contributed by atoms with van der Waals surface area (Å²) in [6, 6.07) is 12.8. The van der Waals surface area contributed by atoms with E-state index in [0.29, 0.717) is 0 Å². The zero-order valence-corrected chi connectivity index (χ0v) is 10.6. The summed E-state index contributed by atoms with van der Waals surface area (Å²) in [4.78, 5) is 4.64. The molecule has 3 heteroatoms. The summed E-state index contributed by atoms with van der Waals surface area (Å²) < 4.78 is 0. The van der Waals surface area contributed by atoms with Crippen LogP contribution < -0.4 is 4.90 Å². The second-order valence-corrected chi connectivity index (χ2v) is 4.98. The van der Waals surface area contributed by atoms with Crippen molar-refractivity contribution in [1.29, 1.82) is 5.26 Å². The highest BCUT2D eigenvalue weighted by atomic mass is 15.3. The summed E-state index contributed by atoms with van der Waals surface area (Å²) in [5, 5.41) is 9.12. The highest BCUT2D eigenvalue weighted by Gasteiger charge is 2.29. The Hall–Kier alpha value is -1.53. The number of nitrogens with zero attached hydrogens (tertiary/aromatic N) is 3. The Morgan fingerprint density at radius 1 is 1.06 bits per heavy atom. The van der Waals surface area contributed by atoms with Gasteiger partial charge in [-0.15, -0.1) is 0 Å². The summed E-state index contributed by atoms with van der Waals surface area (Å²) >= 11 is 0. The van der Waals surface area contributed by atoms with E-state index in [9.17, 15) is 0 Å². The van der Waals surface area contributed by atoms with Crippen molar-refractivity contribution in [1.82, 2.24) is 4.90 Å². The minimum Gasteiger partial charge on any atom is -0.369 e. The van der Waals surface area contributed by atoms with Crippen molar-refractivity contribution in [3.8, 4) is 6.07 Å². The minimum absolute atomic E-state index is 0.344. The first-order valence-electron chi connectivity index (χ1n) is 6.10. The van der Waals surface area contributed by atoms with Crippen LogP contribution in [0.3, 0.4) is 0 Å². The number of para-hydroxylation sites is 1. The molecule has 0 N–H and O–H groups in total. The van der Waals surface area contributed by atoms with Crippen LogP contribution in [0.1, 0.15) is 13.8 Å². The molecule has 2 rings (SSSR count). The van der Waals surface area contributed by atoms with E-state index in [2.05, 4.69) is 40.1 Å². The van der Waals surface area contributed by atoms with Crippen molar-refractivity contribution in [2.24, 2.45) is 0 Å². The molecule has 1 aliphatic heterocycles. The van der Waals surface area contributed by atoms with Gasteiger partial charge in [-0.2, -0.15) is 5.26 Å². The molecule has 90 valence electrons. The fraction of sp³-hybridized carbons (Fsp3) is 0.500. The van der Waals surface area contributed by atoms with Crippen molar-refractivity contribution >= 4 is 5.69 Å². The maximum atomic E-state index is 9.12. The third-order valence-corrected chi connectivity index (χ3v) is 3.47. The quantitative estimate of drug-likeness (QED) is 0.778. The van der Waals surface area contributed by atoms with Crippen LogP contribution in [0.4, 0.5) is 5.69 Å². The van der Waals surface area contributed by atoms with Crippen LogP contribution in [0.25, 0.3) is 0 Å². The first-order valence-corrected chi connectivity index (χ1v) is 6.10. The van der Waals surface area contributed by atoms with Crippen LogP contribution in [-0.4, -0.2) is 36.6 Å². The Kier molecular flexibility index (Phi) is 3.35. The third-order valence-electron chi connectivity index (χ3n) is 3.47. The number of piperazine rings is 1. The number of hydrogen-bond donors (Lipinski definition) is 0. The normalized spacial score (nSPS) is 17.8. The summed E-state index contributed by atoms with van der Waals surface area (Å²) in [5.41, 5.74) is 0.935. The first kappa shape index (κ1) is 11.9. The van der Waals surface area contributed by atoms with Crippen molar-refractivity contribution in [2.45, 2.75) is 19.4 Å². The van der Waals surface area contributed by atoms with Gasteiger partial charge in [0.15, 0.2) is 0 Å². The molecule has 3 nitrogen and oxygen atoms in total. The largest absolute Gasteiger partial charge is 0.369 e. The lowest BCUT2D eigenvalue weighted by Crippen LogP contribution is -2.54. The van der Waals surface area contributed by atoms with Crippen LogP contribution in [-0.2, 0) is 0 Å². The van der Waals surface area contributed by atoms with E-state index in [1.165, 1.54) is 5.69 Å². The smallest absolute Gasteiger partial charge is 0.103 e. The summed E-state index contributed by atoms with van der Waals surface area (Å²) in [6.45, 7) is 7.88. The molecule has 17 heavy (non-hydrogen) atoms. The lowest BCUT2D eigenvalue weighted by Gasteiger charge is -2.41. The Morgan fingerprint density at radius 3 is 2.18 bits per heavy atom. The van der Waals surface area contributed by atoms with E-state index in [4.69, 9.17) is 5.26 Å². The standard InChI is InChI=1S/C14H19N3/c1-14(2,12-15)17-10-8-16(9-11-17)13-6-4-3-5-7-13/h3-7H,8-11H2,1-2H3. The molecule has 1 saturated heterocycles. The zero-order chi connectivity index (χ0) is 12.3. The highest BCUT2D eigenvalue weighted by molar-refractivity contribution is 5.46. The second kappa shape index (κ2) is 4.77. The Morgan fingerprint density at radius 2 is 1.65 bits per heavy atom. The highest BCUT2D eigenvalue weighted by Crippen LogP contribution is 2.20. The molecule has 0 bridgehead atoms. The molecular formula is C14H19N3. The van der Waals surface area contributed by atoms with Crippen molar-refractivity contribution < 1.29 is 0 Å². The minimum atomic E-state index is -0.344. The molecule has 1 aliphatic rings. The summed E-state index contributed by atoms with van der Waals surface area (Å²) in [5.74, 6) is 0. The molecular weight excluding hydrogens is 210 g/mol. The van der Waals surface area contributed by atoms with Gasteiger partial charge in [-0.25, -0.2) is 0 Å². The maximum absolute atomic E-state index is 9.12. The van der Waals surface area contributed by atoms with E-state index < -0.39 is 0 Å². The molecule has 1 heterocycles. The second-order valence-electron chi connectivity index (χ2n) is 4.98. The molecule has 0 aromatic heterocycles. The molecule has 0 unspecified atom stereocenters. The van der Waals surface area contributed by atoms with Crippen LogP contribution >= 0.6 is 0 Å². The van der Waals surface area contributed by atoms with Gasteiger partial charge in [0.05, 0.1) is 6.07 Å². The van der Waals surface area contributed by atoms with Crippen LogP contribution in [0, 0.1) is 11.3 Å². The van der Waals surface area contributed by atoms with Gasteiger partial charge in [-0.05, 0) is 26.0 Å². The molecule has 0 aliphatic carbocycles. The molecule has 1 aromatic carbocycles. The number of rotatable bonds is 2. The van der Waals surface area contributed by atoms with Crippen LogP contribution in [0.2, 0.25) is 0 Å². The number of anilines is 1. The third kappa shape index (κ3) is 2.59. The number of hydrogen-bond acceptors (Lipinski definition) is 3. The Labute approximate surface area is 103 Å². The molecule has 1 fully saturated rings. The number of nitriles is 1. The van der Waals surface area contributed by atoms with Crippen LogP contribution in [0.15, 0.2) is 30.3 Å². The lowest BCUT2D eigenvalue weighted by molar-refractivity contribution is 0.158. The van der Waals surface area contributed by atoms with E-state index in [-0.39, 0.29) is 5.54 Å². The molecule has 0 atom stereocenters. The average molecular weight is 229 g/mol. The van der Waals surface area contributed by atoms with Gasteiger partial charge >= 0.3 is 0 Å². The Bertz CT molecular complexity index is 397. The number of benzene rings is 1. The van der Waals surface area contributed by atoms with E-state index in [1.54, 1.807) is 0 Å². The average Bonchev–Trinajstić information content (AvgIpc) is 2.40. The molecule has 0 spiro atoms. The van der Waals surface area contributed by atoms with E-state index in [1.807, 2.05) is 19.9 Å². The van der Waals surface area contributed by atoms with Crippen LogP contribution in [0.5, 0.6) is 0 Å². The summed E-state index contributed by atoms with van der Waals surface area (Å²) in [6.07, 6.45) is 0. The molecule has 0 radical (unpaired) electrons. The topological polar surface area (TPSA) is 30.3 Å². The van der Waals surface area contributed by atoms with Gasteiger partial charge in [0.25, 0.3) is 0 Å². The Balaban J connectivity index is 1.98. The lowest BCUT2D eigenvalue weighted by atomic mass is 10.0. The monoisotopic (exact) mass is 229 g/mol. The van der Waals surface area contributed by atoms with Gasteiger partial charge in [-0.1, -0.05) is 18.2 Å². The zero-order valence-electron chi connectivity index (χ0n) is 10.6. The first-order chi connectivity index (χ1) is 8.13. The molecule has 0 amide bonds. The van der Waals surface area contributed by atoms with Crippen molar-refractivity contribution in [3.63, 3.8) is 0 Å². The van der Waals surface area contributed by atoms with Crippen molar-refractivity contribution in [3.05, 3.63) is 30.3 Å². The predicted molar refractivity (Wildman–Crippen MR) is 69.9 cm³/mol. The van der Waals surface area contributed by atoms with Gasteiger partial charge in [0.1, 0.15) is 5.54 Å². The summed E-state index contributed by atoms with van der Waals surface area (Å²) in [7, 11) is 0. The fourth-order valence-corrected chi connectivity index (χ4v) is 2.23. The molecule has 0 saturated carbocycles. The maximum Gasteiger partial charge on any atom is 0.103 e. The molecule has 1 aromatic rings. The van der Waals surface area contributed by atoms with Gasteiger partial charge in [0.2, 0.25) is 0 Å². The predicted octanol–water partition coefficient (Wildman–Crippen LogP) is 2.11. The SMILES string of the molecule is CC(C)(C#N)N1CCN(c2ccccc2)CC1. The van der Waals surface area contributed by atoms with Gasteiger partial charge in [0, 0.05) is 31.9 Å². The van der Waals surface area contributed by atoms with E-state index >= 15 is 0 Å². The fourth-order valence-electron chi connectivity index (χ4n) is 2.23. The van der Waals surface area contributed by atoms with Gasteiger partial charge < -0.3 is 4.90 Å². The van der Waals surface area contributed by atoms with Crippen molar-refractivity contribution in [2.75, 3.05) is 31.1 Å².